The summed E-state index contributed by atoms with van der Waals surface area (Å²) < 4.78 is 22.5. The molecule has 0 saturated heterocycles. The van der Waals surface area contributed by atoms with Crippen LogP contribution in [-0.2, 0) is 10.0 Å². The zero-order valence-corrected chi connectivity index (χ0v) is 11.7. The molecule has 10 heteroatoms. The molecule has 1 aromatic heterocycles. The SMILES string of the molecule is CS(=O)(=O)Nn1c(=O)[nH]c2cc(Cl)c(Cl)cc2c1=O. The highest BCUT2D eigenvalue weighted by atomic mass is 35.5. The summed E-state index contributed by atoms with van der Waals surface area (Å²) in [6.07, 6.45) is 0.817. The van der Waals surface area contributed by atoms with E-state index in [0.29, 0.717) is 4.68 Å². The Morgan fingerprint density at radius 3 is 2.37 bits per heavy atom. The fraction of sp³-hybridized carbons (Fsp3) is 0.111. The third kappa shape index (κ3) is 2.75. The van der Waals surface area contributed by atoms with Crippen LogP contribution in [0.4, 0.5) is 0 Å². The molecule has 0 unspecified atom stereocenters. The van der Waals surface area contributed by atoms with E-state index < -0.39 is 21.3 Å². The van der Waals surface area contributed by atoms with Gasteiger partial charge in [-0.25, -0.2) is 18.0 Å². The number of fused-ring (bicyclic) bond motifs is 1. The van der Waals surface area contributed by atoms with E-state index in [9.17, 15) is 18.0 Å². The maximum atomic E-state index is 12.0. The molecule has 0 aliphatic rings. The largest absolute Gasteiger partial charge is 0.348 e. The van der Waals surface area contributed by atoms with E-state index in [1.165, 1.54) is 12.1 Å². The van der Waals surface area contributed by atoms with E-state index in [-0.39, 0.29) is 20.9 Å². The summed E-state index contributed by atoms with van der Waals surface area (Å²) in [5.41, 5.74) is -1.61. The first-order valence-corrected chi connectivity index (χ1v) is 7.45. The number of hydrogen-bond acceptors (Lipinski definition) is 4. The number of H-pyrrole nitrogens is 1. The minimum Gasteiger partial charge on any atom is -0.305 e. The lowest BCUT2D eigenvalue weighted by atomic mass is 10.2. The van der Waals surface area contributed by atoms with Crippen LogP contribution in [0.15, 0.2) is 21.7 Å². The monoisotopic (exact) mass is 323 g/mol. The molecular weight excluding hydrogens is 317 g/mol. The van der Waals surface area contributed by atoms with Crippen LogP contribution in [0.2, 0.25) is 10.0 Å². The minimum absolute atomic E-state index is 0.0325. The van der Waals surface area contributed by atoms with Gasteiger partial charge in [0.25, 0.3) is 5.56 Å². The number of aromatic nitrogens is 2. The maximum absolute atomic E-state index is 12.0. The van der Waals surface area contributed by atoms with Crippen LogP contribution in [0.25, 0.3) is 10.9 Å². The number of halogens is 2. The third-order valence-electron chi connectivity index (χ3n) is 2.20. The molecular formula is C9H7Cl2N3O4S. The van der Waals surface area contributed by atoms with Crippen LogP contribution >= 0.6 is 23.2 Å². The van der Waals surface area contributed by atoms with Gasteiger partial charge in [-0.15, -0.1) is 0 Å². The molecule has 0 fully saturated rings. The van der Waals surface area contributed by atoms with Gasteiger partial charge in [-0.05, 0) is 12.1 Å². The van der Waals surface area contributed by atoms with Gasteiger partial charge in [0.05, 0.1) is 27.2 Å². The lowest BCUT2D eigenvalue weighted by Crippen LogP contribution is -2.43. The molecule has 102 valence electrons. The van der Waals surface area contributed by atoms with Crippen LogP contribution in [0.5, 0.6) is 0 Å². The van der Waals surface area contributed by atoms with Gasteiger partial charge in [0.2, 0.25) is 10.0 Å². The number of hydrogen-bond donors (Lipinski definition) is 2. The van der Waals surface area contributed by atoms with Crippen molar-refractivity contribution >= 4 is 44.1 Å². The van der Waals surface area contributed by atoms with Crippen LogP contribution in [0.1, 0.15) is 0 Å². The molecule has 0 spiro atoms. The van der Waals surface area contributed by atoms with Gasteiger partial charge in [0.15, 0.2) is 0 Å². The van der Waals surface area contributed by atoms with Gasteiger partial charge in [0, 0.05) is 0 Å². The molecule has 1 heterocycles. The van der Waals surface area contributed by atoms with E-state index >= 15 is 0 Å². The third-order valence-corrected chi connectivity index (χ3v) is 3.43. The predicted molar refractivity (Wildman–Crippen MR) is 73.1 cm³/mol. The first-order chi connectivity index (χ1) is 8.69. The molecule has 0 bridgehead atoms. The van der Waals surface area contributed by atoms with Crippen molar-refractivity contribution in [3.63, 3.8) is 0 Å². The molecule has 0 saturated carbocycles. The summed E-state index contributed by atoms with van der Waals surface area (Å²) in [4.78, 5) is 27.8. The molecule has 1 aromatic carbocycles. The van der Waals surface area contributed by atoms with Gasteiger partial charge in [0.1, 0.15) is 0 Å². The molecule has 0 radical (unpaired) electrons. The standard InChI is InChI=1S/C9H7Cl2N3O4S/c1-19(17,18)13-14-8(15)4-2-5(10)6(11)3-7(4)12-9(14)16/h2-3,13H,1H3,(H,12,16). The molecule has 0 aliphatic heterocycles. The Balaban J connectivity index is 2.86. The maximum Gasteiger partial charge on any atom is 0.348 e. The Hall–Kier alpha value is -1.51. The van der Waals surface area contributed by atoms with Gasteiger partial charge in [-0.3, -0.25) is 4.79 Å². The van der Waals surface area contributed by atoms with E-state index in [1.807, 2.05) is 0 Å². The first kappa shape index (κ1) is 13.9. The predicted octanol–water partition coefficient (Wildman–Crippen LogP) is 0.500. The second kappa shape index (κ2) is 4.55. The van der Waals surface area contributed by atoms with Crippen LogP contribution in [-0.4, -0.2) is 24.3 Å². The molecule has 2 rings (SSSR count). The number of aromatic amines is 1. The minimum atomic E-state index is -3.78. The Labute approximate surface area is 116 Å². The summed E-state index contributed by atoms with van der Waals surface area (Å²) in [6.45, 7) is 0. The molecule has 7 nitrogen and oxygen atoms in total. The van der Waals surface area contributed by atoms with Crippen LogP contribution in [0.3, 0.4) is 0 Å². The average molecular weight is 324 g/mol. The topological polar surface area (TPSA) is 101 Å². The van der Waals surface area contributed by atoms with E-state index in [4.69, 9.17) is 23.2 Å². The van der Waals surface area contributed by atoms with Gasteiger partial charge < -0.3 is 4.98 Å². The van der Waals surface area contributed by atoms with E-state index in [0.717, 1.165) is 6.26 Å². The summed E-state index contributed by atoms with van der Waals surface area (Å²) in [5, 5.41) is 0.312. The highest BCUT2D eigenvalue weighted by molar-refractivity contribution is 7.91. The van der Waals surface area contributed by atoms with Crippen molar-refractivity contribution in [3.8, 4) is 0 Å². The number of nitrogens with one attached hydrogen (secondary N) is 2. The van der Waals surface area contributed by atoms with Gasteiger partial charge in [-0.2, -0.15) is 4.68 Å². The van der Waals surface area contributed by atoms with Crippen molar-refractivity contribution in [2.75, 3.05) is 11.1 Å². The summed E-state index contributed by atoms with van der Waals surface area (Å²) in [6, 6.07) is 2.56. The molecule has 19 heavy (non-hydrogen) atoms. The first-order valence-electron chi connectivity index (χ1n) is 4.81. The summed E-state index contributed by atoms with van der Waals surface area (Å²) in [5.74, 6) is 0. The number of benzene rings is 1. The average Bonchev–Trinajstić information content (AvgIpc) is 2.26. The van der Waals surface area contributed by atoms with E-state index in [1.54, 1.807) is 4.83 Å². The zero-order chi connectivity index (χ0) is 14.4. The normalized spacial score (nSPS) is 11.7. The van der Waals surface area contributed by atoms with E-state index in [2.05, 4.69) is 4.98 Å². The van der Waals surface area contributed by atoms with Crippen LogP contribution in [0, 0.1) is 0 Å². The van der Waals surface area contributed by atoms with Crippen molar-refractivity contribution in [1.29, 1.82) is 0 Å². The number of nitrogens with zero attached hydrogens (tertiary/aromatic N) is 1. The van der Waals surface area contributed by atoms with Crippen molar-refractivity contribution in [1.82, 2.24) is 9.66 Å². The Bertz CT molecular complexity index is 885. The highest BCUT2D eigenvalue weighted by Crippen LogP contribution is 2.24. The smallest absolute Gasteiger partial charge is 0.305 e. The lowest BCUT2D eigenvalue weighted by molar-refractivity contribution is 0.598. The van der Waals surface area contributed by atoms with Crippen LogP contribution < -0.4 is 16.1 Å². The second-order valence-electron chi connectivity index (χ2n) is 3.75. The summed E-state index contributed by atoms with van der Waals surface area (Å²) in [7, 11) is -3.78. The van der Waals surface area contributed by atoms with Crippen molar-refractivity contribution < 1.29 is 8.42 Å². The fourth-order valence-electron chi connectivity index (χ4n) is 1.46. The van der Waals surface area contributed by atoms with Crippen molar-refractivity contribution in [2.45, 2.75) is 0 Å². The highest BCUT2D eigenvalue weighted by Gasteiger charge is 2.12. The van der Waals surface area contributed by atoms with Gasteiger partial charge >= 0.3 is 5.69 Å². The lowest BCUT2D eigenvalue weighted by Gasteiger charge is -2.07. The Kier molecular flexibility index (Phi) is 3.33. The quantitative estimate of drug-likeness (QED) is 0.840. The van der Waals surface area contributed by atoms with Gasteiger partial charge in [-0.1, -0.05) is 23.2 Å². The number of sulfonamides is 1. The fourth-order valence-corrected chi connectivity index (χ4v) is 2.28. The molecule has 0 aliphatic carbocycles. The Morgan fingerprint density at radius 1 is 1.21 bits per heavy atom. The second-order valence-corrected chi connectivity index (χ2v) is 6.29. The number of rotatable bonds is 2. The molecule has 2 aromatic rings. The van der Waals surface area contributed by atoms with Crippen molar-refractivity contribution in [2.24, 2.45) is 0 Å². The van der Waals surface area contributed by atoms with Crippen molar-refractivity contribution in [3.05, 3.63) is 43.0 Å². The summed E-state index contributed by atoms with van der Waals surface area (Å²) >= 11 is 11.5. The Morgan fingerprint density at radius 2 is 1.79 bits per heavy atom. The molecule has 2 N–H and O–H groups in total. The zero-order valence-electron chi connectivity index (χ0n) is 9.40. The molecule has 0 amide bonds. The molecule has 0 atom stereocenters.